The van der Waals surface area contributed by atoms with Gasteiger partial charge in [-0.2, -0.15) is 0 Å². The number of amides is 1. The van der Waals surface area contributed by atoms with Crippen LogP contribution < -0.4 is 10.6 Å². The lowest BCUT2D eigenvalue weighted by Gasteiger charge is -2.31. The Morgan fingerprint density at radius 2 is 2.32 bits per heavy atom. The van der Waals surface area contributed by atoms with Crippen LogP contribution in [0.15, 0.2) is 11.6 Å². The van der Waals surface area contributed by atoms with Crippen LogP contribution in [0.2, 0.25) is 0 Å². The van der Waals surface area contributed by atoms with Gasteiger partial charge in [0.1, 0.15) is 0 Å². The van der Waals surface area contributed by atoms with Crippen LogP contribution in [0.3, 0.4) is 0 Å². The molecule has 1 amide bonds. The predicted octanol–water partition coefficient (Wildman–Crippen LogP) is 2.63. The Kier molecular flexibility index (Phi) is 5.03. The molecule has 3 heteroatoms. The molecule has 0 spiro atoms. The van der Waals surface area contributed by atoms with E-state index in [0.29, 0.717) is 5.92 Å². The second-order valence-corrected chi connectivity index (χ2v) is 6.35. The van der Waals surface area contributed by atoms with E-state index in [2.05, 4.69) is 30.6 Å². The zero-order valence-electron chi connectivity index (χ0n) is 12.4. The highest BCUT2D eigenvalue weighted by molar-refractivity contribution is 5.83. The minimum absolute atomic E-state index is 0.180. The van der Waals surface area contributed by atoms with Crippen LogP contribution in [-0.4, -0.2) is 25.5 Å². The van der Waals surface area contributed by atoms with E-state index in [-0.39, 0.29) is 11.3 Å². The minimum atomic E-state index is -0.180. The fourth-order valence-electron chi connectivity index (χ4n) is 3.30. The number of rotatable bonds is 5. The third kappa shape index (κ3) is 3.38. The van der Waals surface area contributed by atoms with Crippen molar-refractivity contribution < 1.29 is 4.79 Å². The van der Waals surface area contributed by atoms with Gasteiger partial charge >= 0.3 is 0 Å². The first-order chi connectivity index (χ1) is 9.15. The highest BCUT2D eigenvalue weighted by Crippen LogP contribution is 2.34. The number of hydrogen-bond donors (Lipinski definition) is 2. The molecule has 3 nitrogen and oxygen atoms in total. The average molecular weight is 264 g/mol. The van der Waals surface area contributed by atoms with Gasteiger partial charge in [-0.15, -0.1) is 0 Å². The summed E-state index contributed by atoms with van der Waals surface area (Å²) in [6.45, 7) is 6.93. The second-order valence-electron chi connectivity index (χ2n) is 6.35. The maximum atomic E-state index is 12.5. The van der Waals surface area contributed by atoms with Gasteiger partial charge in [0.25, 0.3) is 0 Å². The summed E-state index contributed by atoms with van der Waals surface area (Å²) in [4.78, 5) is 12.5. The molecule has 1 unspecified atom stereocenters. The van der Waals surface area contributed by atoms with Gasteiger partial charge in [-0.1, -0.05) is 25.5 Å². The van der Waals surface area contributed by atoms with E-state index >= 15 is 0 Å². The molecule has 1 saturated heterocycles. The number of hydrogen-bond acceptors (Lipinski definition) is 2. The number of carbonyl (C=O) groups excluding carboxylic acids is 1. The second kappa shape index (κ2) is 6.56. The monoisotopic (exact) mass is 264 g/mol. The summed E-state index contributed by atoms with van der Waals surface area (Å²) >= 11 is 0. The Labute approximate surface area is 117 Å². The lowest BCUT2D eigenvalue weighted by Crippen LogP contribution is -2.46. The van der Waals surface area contributed by atoms with Gasteiger partial charge in [-0.3, -0.25) is 4.79 Å². The fraction of sp³-hybridized carbons (Fsp3) is 0.812. The topological polar surface area (TPSA) is 41.1 Å². The molecule has 0 bridgehead atoms. The third-order valence-electron chi connectivity index (χ3n) is 4.86. The van der Waals surface area contributed by atoms with Crippen molar-refractivity contribution in [2.24, 2.45) is 11.3 Å². The largest absolute Gasteiger partial charge is 0.355 e. The average Bonchev–Trinajstić information content (AvgIpc) is 2.90. The van der Waals surface area contributed by atoms with Crippen molar-refractivity contribution in [2.75, 3.05) is 19.6 Å². The molecule has 0 radical (unpaired) electrons. The molecule has 2 aliphatic rings. The fourth-order valence-corrected chi connectivity index (χ4v) is 3.30. The van der Waals surface area contributed by atoms with Crippen LogP contribution in [0.4, 0.5) is 0 Å². The maximum Gasteiger partial charge on any atom is 0.227 e. The summed E-state index contributed by atoms with van der Waals surface area (Å²) in [6, 6.07) is 0. The van der Waals surface area contributed by atoms with Crippen LogP contribution in [0.25, 0.3) is 0 Å². The Morgan fingerprint density at radius 3 is 2.89 bits per heavy atom. The highest BCUT2D eigenvalue weighted by atomic mass is 16.2. The molecule has 0 aromatic heterocycles. The summed E-state index contributed by atoms with van der Waals surface area (Å²) in [7, 11) is 0. The molecular formula is C16H28N2O. The molecule has 1 heterocycles. The van der Waals surface area contributed by atoms with Crippen LogP contribution in [0.5, 0.6) is 0 Å². The Morgan fingerprint density at radius 1 is 1.47 bits per heavy atom. The molecular weight excluding hydrogens is 236 g/mol. The van der Waals surface area contributed by atoms with Crippen LogP contribution in [0, 0.1) is 11.3 Å². The highest BCUT2D eigenvalue weighted by Gasteiger charge is 2.43. The van der Waals surface area contributed by atoms with Gasteiger partial charge in [0.05, 0.1) is 5.41 Å². The van der Waals surface area contributed by atoms with Gasteiger partial charge in [0, 0.05) is 13.1 Å². The Balaban J connectivity index is 1.81. The van der Waals surface area contributed by atoms with Crippen LogP contribution in [-0.2, 0) is 4.79 Å². The summed E-state index contributed by atoms with van der Waals surface area (Å²) in [5.41, 5.74) is 1.36. The molecule has 108 valence electrons. The Hall–Kier alpha value is -0.830. The molecule has 1 aliphatic heterocycles. The molecule has 0 aromatic rings. The van der Waals surface area contributed by atoms with E-state index in [0.717, 1.165) is 32.5 Å². The van der Waals surface area contributed by atoms with Crippen molar-refractivity contribution in [3.63, 3.8) is 0 Å². The molecule has 0 saturated carbocycles. The molecule has 1 fully saturated rings. The van der Waals surface area contributed by atoms with E-state index in [1.807, 2.05) is 0 Å². The third-order valence-corrected chi connectivity index (χ3v) is 4.86. The van der Waals surface area contributed by atoms with E-state index in [1.165, 1.54) is 31.3 Å². The van der Waals surface area contributed by atoms with Gasteiger partial charge in [0.2, 0.25) is 5.91 Å². The van der Waals surface area contributed by atoms with Crippen molar-refractivity contribution >= 4 is 5.91 Å². The minimum Gasteiger partial charge on any atom is -0.355 e. The van der Waals surface area contributed by atoms with Gasteiger partial charge in [-0.25, -0.2) is 0 Å². The van der Waals surface area contributed by atoms with E-state index in [4.69, 9.17) is 0 Å². The van der Waals surface area contributed by atoms with Crippen LogP contribution >= 0.6 is 0 Å². The number of nitrogens with one attached hydrogen (secondary N) is 2. The zero-order chi connectivity index (χ0) is 13.7. The van der Waals surface area contributed by atoms with Crippen molar-refractivity contribution in [2.45, 2.75) is 52.4 Å². The summed E-state index contributed by atoms with van der Waals surface area (Å²) in [5.74, 6) is 0.653. The number of carbonyl (C=O) groups is 1. The summed E-state index contributed by atoms with van der Waals surface area (Å²) < 4.78 is 0. The maximum absolute atomic E-state index is 12.5. The first-order valence-electron chi connectivity index (χ1n) is 7.82. The van der Waals surface area contributed by atoms with Gasteiger partial charge in [-0.05, 0) is 51.0 Å². The quantitative estimate of drug-likeness (QED) is 0.750. The predicted molar refractivity (Wildman–Crippen MR) is 78.9 cm³/mol. The molecule has 2 N–H and O–H groups in total. The first-order valence-corrected chi connectivity index (χ1v) is 7.82. The van der Waals surface area contributed by atoms with Crippen LogP contribution in [0.1, 0.15) is 52.4 Å². The van der Waals surface area contributed by atoms with E-state index in [9.17, 15) is 4.79 Å². The Bertz CT molecular complexity index is 341. The molecule has 2 rings (SSSR count). The molecule has 19 heavy (non-hydrogen) atoms. The van der Waals surface area contributed by atoms with Crippen molar-refractivity contribution in [3.05, 3.63) is 11.6 Å². The van der Waals surface area contributed by atoms with Gasteiger partial charge < -0.3 is 10.6 Å². The van der Waals surface area contributed by atoms with Crippen molar-refractivity contribution in [1.29, 1.82) is 0 Å². The normalized spacial score (nSPS) is 27.4. The lowest BCUT2D eigenvalue weighted by atomic mass is 9.75. The summed E-state index contributed by atoms with van der Waals surface area (Å²) in [5, 5.41) is 6.52. The lowest BCUT2D eigenvalue weighted by molar-refractivity contribution is -0.132. The van der Waals surface area contributed by atoms with Gasteiger partial charge in [0.15, 0.2) is 0 Å². The first kappa shape index (κ1) is 14.6. The smallest absolute Gasteiger partial charge is 0.227 e. The molecule has 0 aromatic carbocycles. The van der Waals surface area contributed by atoms with E-state index in [1.54, 1.807) is 0 Å². The standard InChI is InChI=1S/C16H28N2O/c1-13(2)16(9-11-17-12-16)15(19)18-10-8-14-6-4-3-5-7-14/h6,13,17H,3-5,7-12H2,1-2H3,(H,18,19). The summed E-state index contributed by atoms with van der Waals surface area (Å²) in [6.07, 6.45) is 9.48. The molecule has 1 atom stereocenters. The van der Waals surface area contributed by atoms with Crippen molar-refractivity contribution in [3.8, 4) is 0 Å². The molecule has 1 aliphatic carbocycles. The van der Waals surface area contributed by atoms with E-state index < -0.39 is 0 Å². The SMILES string of the molecule is CC(C)C1(C(=O)NCCC2=CCCCC2)CCNC1. The zero-order valence-corrected chi connectivity index (χ0v) is 12.4. The van der Waals surface area contributed by atoms with Crippen molar-refractivity contribution in [1.82, 2.24) is 10.6 Å². The number of allylic oxidation sites excluding steroid dienone is 1.